The summed E-state index contributed by atoms with van der Waals surface area (Å²) in [5.74, 6) is 0.818. The van der Waals surface area contributed by atoms with Crippen LogP contribution in [0.1, 0.15) is 11.1 Å². The highest BCUT2D eigenvalue weighted by atomic mass is 35.5. The molecule has 0 radical (unpaired) electrons. The van der Waals surface area contributed by atoms with Gasteiger partial charge in [-0.25, -0.2) is 0 Å². The molecule has 2 aromatic carbocycles. The lowest BCUT2D eigenvalue weighted by Gasteiger charge is -2.06. The van der Waals surface area contributed by atoms with Crippen molar-refractivity contribution in [1.29, 1.82) is 0 Å². The van der Waals surface area contributed by atoms with Crippen LogP contribution in [-0.2, 0) is 6.54 Å². The molecule has 0 aliphatic heterocycles. The molecule has 20 heavy (non-hydrogen) atoms. The topological polar surface area (TPSA) is 33.6 Å². The summed E-state index contributed by atoms with van der Waals surface area (Å²) in [6, 6.07) is 13.0. The van der Waals surface area contributed by atoms with Gasteiger partial charge < -0.3 is 10.2 Å². The molecular formula is C15H14Cl2N2O. The highest BCUT2D eigenvalue weighted by Crippen LogP contribution is 2.23. The van der Waals surface area contributed by atoms with Crippen LogP contribution < -0.4 is 10.2 Å². The molecule has 0 fully saturated rings. The number of benzene rings is 2. The van der Waals surface area contributed by atoms with Gasteiger partial charge in [-0.1, -0.05) is 29.3 Å². The molecule has 0 spiro atoms. The van der Waals surface area contributed by atoms with Crippen molar-refractivity contribution >= 4 is 29.4 Å². The fourth-order valence-corrected chi connectivity index (χ4v) is 2.17. The molecule has 0 bridgehead atoms. The quantitative estimate of drug-likeness (QED) is 0.665. The van der Waals surface area contributed by atoms with Gasteiger partial charge in [0.15, 0.2) is 0 Å². The zero-order valence-corrected chi connectivity index (χ0v) is 12.4. The van der Waals surface area contributed by atoms with Gasteiger partial charge in [0.1, 0.15) is 5.75 Å². The van der Waals surface area contributed by atoms with Crippen molar-refractivity contribution in [3.8, 4) is 5.75 Å². The molecule has 0 heterocycles. The second-order valence-corrected chi connectivity index (χ2v) is 4.88. The molecule has 1 N–H and O–H groups in total. The summed E-state index contributed by atoms with van der Waals surface area (Å²) < 4.78 is 5.09. The van der Waals surface area contributed by atoms with E-state index in [-0.39, 0.29) is 0 Å². The van der Waals surface area contributed by atoms with Crippen molar-refractivity contribution in [2.75, 3.05) is 7.11 Å². The summed E-state index contributed by atoms with van der Waals surface area (Å²) in [5.41, 5.74) is 4.74. The Bertz CT molecular complexity index is 577. The largest absolute Gasteiger partial charge is 0.497 e. The van der Waals surface area contributed by atoms with E-state index in [0.717, 1.165) is 16.9 Å². The number of nitrogens with one attached hydrogen (secondary N) is 1. The van der Waals surface area contributed by atoms with Crippen LogP contribution in [0.4, 0.5) is 0 Å². The number of hydrogen-bond acceptors (Lipinski definition) is 3. The van der Waals surface area contributed by atoms with Crippen molar-refractivity contribution in [3.63, 3.8) is 0 Å². The van der Waals surface area contributed by atoms with Crippen molar-refractivity contribution in [2.45, 2.75) is 6.54 Å². The summed E-state index contributed by atoms with van der Waals surface area (Å²) in [6.45, 7) is 0.477. The molecule has 0 saturated heterocycles. The van der Waals surface area contributed by atoms with Crippen LogP contribution in [0, 0.1) is 0 Å². The summed E-state index contributed by atoms with van der Waals surface area (Å²) in [6.07, 6.45) is 1.73. The fourth-order valence-electron chi connectivity index (χ4n) is 1.64. The van der Waals surface area contributed by atoms with Gasteiger partial charge >= 0.3 is 0 Å². The Morgan fingerprint density at radius 1 is 1.10 bits per heavy atom. The maximum atomic E-state index is 6.07. The zero-order chi connectivity index (χ0) is 14.4. The average Bonchev–Trinajstić information content (AvgIpc) is 2.46. The number of halogens is 2. The van der Waals surface area contributed by atoms with E-state index >= 15 is 0 Å². The first-order chi connectivity index (χ1) is 9.70. The third-order valence-corrected chi connectivity index (χ3v) is 3.45. The molecule has 0 aliphatic rings. The molecule has 2 aromatic rings. The molecule has 0 aromatic heterocycles. The van der Waals surface area contributed by atoms with E-state index < -0.39 is 0 Å². The lowest BCUT2D eigenvalue weighted by atomic mass is 10.2. The van der Waals surface area contributed by atoms with Crippen molar-refractivity contribution in [1.82, 2.24) is 5.43 Å². The fraction of sp³-hybridized carbons (Fsp3) is 0.133. The minimum absolute atomic E-state index is 0.477. The molecule has 0 aliphatic carbocycles. The maximum Gasteiger partial charge on any atom is 0.118 e. The predicted octanol–water partition coefficient (Wildman–Crippen LogP) is 4.13. The molecule has 5 heteroatoms. The summed E-state index contributed by atoms with van der Waals surface area (Å²) in [4.78, 5) is 0. The van der Waals surface area contributed by atoms with Gasteiger partial charge in [0.05, 0.1) is 19.9 Å². The lowest BCUT2D eigenvalue weighted by Crippen LogP contribution is -2.06. The number of ether oxygens (including phenoxy) is 1. The normalized spacial score (nSPS) is 10.8. The minimum atomic E-state index is 0.477. The Kier molecular flexibility index (Phi) is 5.27. The van der Waals surface area contributed by atoms with E-state index in [1.165, 1.54) is 0 Å². The lowest BCUT2D eigenvalue weighted by molar-refractivity contribution is 0.415. The van der Waals surface area contributed by atoms with E-state index in [0.29, 0.717) is 16.6 Å². The molecule has 2 rings (SSSR count). The Morgan fingerprint density at radius 2 is 1.75 bits per heavy atom. The van der Waals surface area contributed by atoms with E-state index in [2.05, 4.69) is 10.5 Å². The van der Waals surface area contributed by atoms with Crippen molar-refractivity contribution in [3.05, 3.63) is 63.6 Å². The number of hydrogen-bond donors (Lipinski definition) is 1. The van der Waals surface area contributed by atoms with E-state index in [9.17, 15) is 0 Å². The van der Waals surface area contributed by atoms with Crippen molar-refractivity contribution < 1.29 is 4.74 Å². The first-order valence-corrected chi connectivity index (χ1v) is 6.79. The number of methoxy groups -OCH3 is 1. The Labute approximate surface area is 128 Å². The smallest absolute Gasteiger partial charge is 0.118 e. The second kappa shape index (κ2) is 7.17. The minimum Gasteiger partial charge on any atom is -0.497 e. The summed E-state index contributed by atoms with van der Waals surface area (Å²) in [5, 5.41) is 5.40. The zero-order valence-electron chi connectivity index (χ0n) is 10.9. The van der Waals surface area contributed by atoms with Gasteiger partial charge in [-0.05, 0) is 42.0 Å². The predicted molar refractivity (Wildman–Crippen MR) is 83.9 cm³/mol. The van der Waals surface area contributed by atoms with Crippen LogP contribution in [0.2, 0.25) is 10.0 Å². The summed E-state index contributed by atoms with van der Waals surface area (Å²) >= 11 is 12.1. The number of hydrazone groups is 1. The van der Waals surface area contributed by atoms with Gasteiger partial charge in [-0.15, -0.1) is 0 Å². The molecule has 104 valence electrons. The van der Waals surface area contributed by atoms with Crippen LogP contribution >= 0.6 is 23.2 Å². The first-order valence-electron chi connectivity index (χ1n) is 6.03. The Morgan fingerprint density at radius 3 is 2.35 bits per heavy atom. The van der Waals surface area contributed by atoms with Gasteiger partial charge in [0.2, 0.25) is 0 Å². The molecule has 0 saturated carbocycles. The third-order valence-electron chi connectivity index (χ3n) is 2.74. The first kappa shape index (κ1) is 14.7. The molecule has 0 unspecified atom stereocenters. The number of rotatable bonds is 5. The maximum absolute atomic E-state index is 6.07. The highest BCUT2D eigenvalue weighted by Gasteiger charge is 2.03. The second-order valence-electron chi connectivity index (χ2n) is 4.07. The van der Waals surface area contributed by atoms with Gasteiger partial charge in [-0.2, -0.15) is 5.10 Å². The van der Waals surface area contributed by atoms with Crippen LogP contribution in [0.5, 0.6) is 5.75 Å². The monoisotopic (exact) mass is 308 g/mol. The van der Waals surface area contributed by atoms with E-state index in [4.69, 9.17) is 27.9 Å². The van der Waals surface area contributed by atoms with Crippen LogP contribution in [0.3, 0.4) is 0 Å². The van der Waals surface area contributed by atoms with Gasteiger partial charge in [0, 0.05) is 15.6 Å². The third kappa shape index (κ3) is 3.89. The van der Waals surface area contributed by atoms with Crippen molar-refractivity contribution in [2.24, 2.45) is 5.10 Å². The number of nitrogens with zero attached hydrogens (tertiary/aromatic N) is 1. The SMILES string of the molecule is COc1ccc(/C=N/NCc2c(Cl)cccc2Cl)cc1. The summed E-state index contributed by atoms with van der Waals surface area (Å²) in [7, 11) is 1.64. The van der Waals surface area contributed by atoms with Gasteiger partial charge in [-0.3, -0.25) is 0 Å². The van der Waals surface area contributed by atoms with E-state index in [1.54, 1.807) is 25.5 Å². The highest BCUT2D eigenvalue weighted by molar-refractivity contribution is 6.35. The van der Waals surface area contributed by atoms with Crippen LogP contribution in [0.15, 0.2) is 47.6 Å². The molecular weight excluding hydrogens is 295 g/mol. The van der Waals surface area contributed by atoms with Crippen LogP contribution in [0.25, 0.3) is 0 Å². The Hall–Kier alpha value is -1.71. The van der Waals surface area contributed by atoms with Gasteiger partial charge in [0.25, 0.3) is 0 Å². The molecule has 0 amide bonds. The molecule has 3 nitrogen and oxygen atoms in total. The average molecular weight is 309 g/mol. The Balaban J connectivity index is 1.93. The van der Waals surface area contributed by atoms with E-state index in [1.807, 2.05) is 30.3 Å². The standard InChI is InChI=1S/C15H14Cl2N2O/c1-20-12-7-5-11(6-8-12)9-18-19-10-13-14(16)3-2-4-15(13)17/h2-9,19H,10H2,1H3/b18-9+. The molecule has 0 atom stereocenters. The van der Waals surface area contributed by atoms with Crippen LogP contribution in [-0.4, -0.2) is 13.3 Å².